The zero-order valence-electron chi connectivity index (χ0n) is 22.5. The van der Waals surface area contributed by atoms with Crippen molar-refractivity contribution in [2.45, 2.75) is 64.1 Å². The summed E-state index contributed by atoms with van der Waals surface area (Å²) in [5.41, 5.74) is 1.68. The van der Waals surface area contributed by atoms with E-state index in [9.17, 15) is 23.2 Å². The number of alkyl halides is 2. The maximum atomic E-state index is 13.2. The molecule has 0 spiro atoms. The normalized spacial score (nSPS) is 20.6. The minimum absolute atomic E-state index is 0.0342. The van der Waals surface area contributed by atoms with Crippen molar-refractivity contribution < 1.29 is 32.6 Å². The Morgan fingerprint density at radius 1 is 1.10 bits per heavy atom. The van der Waals surface area contributed by atoms with E-state index in [1.54, 1.807) is 35.2 Å². The second kappa shape index (κ2) is 12.2. The Labute approximate surface area is 231 Å². The van der Waals surface area contributed by atoms with Gasteiger partial charge >= 0.3 is 6.61 Å². The first kappa shape index (κ1) is 27.8. The van der Waals surface area contributed by atoms with Gasteiger partial charge in [-0.3, -0.25) is 14.4 Å². The van der Waals surface area contributed by atoms with Crippen LogP contribution in [0.1, 0.15) is 66.7 Å². The average molecular weight is 557 g/mol. The topological polar surface area (TPSA) is 101 Å². The van der Waals surface area contributed by atoms with Gasteiger partial charge in [-0.15, -0.1) is 0 Å². The molecular weight excluding hydrogens is 522 g/mol. The van der Waals surface area contributed by atoms with Crippen molar-refractivity contribution in [3.05, 3.63) is 53.3 Å². The maximum Gasteiger partial charge on any atom is 0.387 e. The molecule has 3 heterocycles. The van der Waals surface area contributed by atoms with Gasteiger partial charge in [0, 0.05) is 32.5 Å². The summed E-state index contributed by atoms with van der Waals surface area (Å²) in [4.78, 5) is 46.1. The summed E-state index contributed by atoms with van der Waals surface area (Å²) >= 11 is 0. The van der Waals surface area contributed by atoms with Crippen LogP contribution in [0.3, 0.4) is 0 Å². The molecule has 40 heavy (non-hydrogen) atoms. The molecule has 1 aliphatic carbocycles. The molecule has 2 aromatic rings. The minimum atomic E-state index is -2.98. The predicted octanol–water partition coefficient (Wildman–Crippen LogP) is 3.73. The summed E-state index contributed by atoms with van der Waals surface area (Å²) in [6, 6.07) is 9.27. The third-order valence-corrected chi connectivity index (χ3v) is 7.70. The molecule has 9 nitrogen and oxygen atoms in total. The zero-order chi connectivity index (χ0) is 28.2. The number of hydrogen-bond donors (Lipinski definition) is 1. The highest BCUT2D eigenvalue weighted by molar-refractivity contribution is 5.92. The zero-order valence-corrected chi connectivity index (χ0v) is 22.5. The van der Waals surface area contributed by atoms with Crippen LogP contribution in [0.2, 0.25) is 0 Å². The molecule has 1 aromatic heterocycles. The largest absolute Gasteiger partial charge is 0.489 e. The third kappa shape index (κ3) is 6.68. The summed E-state index contributed by atoms with van der Waals surface area (Å²) < 4.78 is 36.3. The van der Waals surface area contributed by atoms with Crippen molar-refractivity contribution in [3.63, 3.8) is 0 Å². The highest BCUT2D eigenvalue weighted by Crippen LogP contribution is 2.39. The number of pyridine rings is 1. The highest BCUT2D eigenvalue weighted by Gasteiger charge is 2.39. The van der Waals surface area contributed by atoms with E-state index in [-0.39, 0.29) is 41.7 Å². The Bertz CT molecular complexity index is 1250. The van der Waals surface area contributed by atoms with E-state index in [1.807, 2.05) is 0 Å². The molecule has 214 valence electrons. The van der Waals surface area contributed by atoms with E-state index < -0.39 is 12.7 Å². The molecule has 1 saturated carbocycles. The first-order chi connectivity index (χ1) is 19.3. The second-order valence-corrected chi connectivity index (χ2v) is 10.7. The summed E-state index contributed by atoms with van der Waals surface area (Å²) in [7, 11) is 0. The van der Waals surface area contributed by atoms with E-state index in [0.29, 0.717) is 36.9 Å². The van der Waals surface area contributed by atoms with Crippen LogP contribution in [0, 0.1) is 5.92 Å². The van der Waals surface area contributed by atoms with Gasteiger partial charge in [-0.1, -0.05) is 12.1 Å². The Hall–Kier alpha value is -3.76. The van der Waals surface area contributed by atoms with Crippen LogP contribution in [0.25, 0.3) is 0 Å². The second-order valence-electron chi connectivity index (χ2n) is 10.7. The van der Waals surface area contributed by atoms with Crippen LogP contribution >= 0.6 is 0 Å². The van der Waals surface area contributed by atoms with Crippen LogP contribution in [0.4, 0.5) is 8.78 Å². The Morgan fingerprint density at radius 2 is 1.88 bits per heavy atom. The Kier molecular flexibility index (Phi) is 8.46. The molecule has 0 radical (unpaired) electrons. The van der Waals surface area contributed by atoms with Crippen LogP contribution in [0.15, 0.2) is 36.4 Å². The lowest BCUT2D eigenvalue weighted by molar-refractivity contribution is -0.136. The Balaban J connectivity index is 1.25. The maximum absolute atomic E-state index is 13.2. The summed E-state index contributed by atoms with van der Waals surface area (Å²) in [6.45, 7) is 0.741. The number of halogens is 2. The van der Waals surface area contributed by atoms with E-state index in [2.05, 4.69) is 15.0 Å². The van der Waals surface area contributed by atoms with Gasteiger partial charge in [-0.25, -0.2) is 4.98 Å². The number of ether oxygens (including phenoxy) is 2. The first-order valence-corrected chi connectivity index (χ1v) is 13.8. The SMILES string of the molecule is CC(=O)N1CC(c2ccc(OC(F)F)c(OCC3CC3)c2)C[C@@H]1C(=O)NCc1cccc(C(=O)N2CCCC2)n1. The number of benzene rings is 1. The average Bonchev–Trinajstić information content (AvgIpc) is 3.40. The number of rotatable bonds is 10. The molecule has 3 amide bonds. The molecule has 1 N–H and O–H groups in total. The van der Waals surface area contributed by atoms with Crippen LogP contribution < -0.4 is 14.8 Å². The minimum Gasteiger partial charge on any atom is -0.489 e. The predicted molar refractivity (Wildman–Crippen MR) is 141 cm³/mol. The molecule has 2 aliphatic heterocycles. The molecule has 3 aliphatic rings. The number of nitrogens with zero attached hydrogens (tertiary/aromatic N) is 3. The summed E-state index contributed by atoms with van der Waals surface area (Å²) in [5.74, 6) is -0.236. The number of hydrogen-bond acceptors (Lipinski definition) is 6. The van der Waals surface area contributed by atoms with Crippen LogP contribution in [-0.4, -0.2) is 71.4 Å². The number of carbonyl (C=O) groups excluding carboxylic acids is 3. The number of carbonyl (C=O) groups is 3. The monoisotopic (exact) mass is 556 g/mol. The van der Waals surface area contributed by atoms with Crippen molar-refractivity contribution in [2.24, 2.45) is 5.92 Å². The Morgan fingerprint density at radius 3 is 2.58 bits per heavy atom. The van der Waals surface area contributed by atoms with Crippen molar-refractivity contribution in [1.82, 2.24) is 20.1 Å². The molecule has 5 rings (SSSR count). The fraction of sp³-hybridized carbons (Fsp3) is 0.517. The van der Waals surface area contributed by atoms with Crippen LogP contribution in [-0.2, 0) is 16.1 Å². The van der Waals surface area contributed by atoms with Gasteiger partial charge in [0.1, 0.15) is 11.7 Å². The van der Waals surface area contributed by atoms with Crippen molar-refractivity contribution in [2.75, 3.05) is 26.2 Å². The molecule has 1 unspecified atom stereocenters. The lowest BCUT2D eigenvalue weighted by atomic mass is 9.95. The van der Waals surface area contributed by atoms with Gasteiger partial charge in [0.25, 0.3) is 5.91 Å². The molecule has 1 aromatic carbocycles. The van der Waals surface area contributed by atoms with E-state index in [4.69, 9.17) is 4.74 Å². The first-order valence-electron chi connectivity index (χ1n) is 13.8. The van der Waals surface area contributed by atoms with Gasteiger partial charge in [0.05, 0.1) is 18.8 Å². The third-order valence-electron chi connectivity index (χ3n) is 7.70. The van der Waals surface area contributed by atoms with Gasteiger partial charge in [-0.2, -0.15) is 8.78 Å². The number of amides is 3. The lowest BCUT2D eigenvalue weighted by Crippen LogP contribution is -2.45. The van der Waals surface area contributed by atoms with Crippen LogP contribution in [0.5, 0.6) is 11.5 Å². The highest BCUT2D eigenvalue weighted by atomic mass is 19.3. The number of nitrogens with one attached hydrogen (secondary N) is 1. The van der Waals surface area contributed by atoms with Gasteiger partial charge in [-0.05, 0) is 67.9 Å². The number of likely N-dealkylation sites (tertiary alicyclic amines) is 2. The van der Waals surface area contributed by atoms with E-state index in [1.165, 1.54) is 17.9 Å². The van der Waals surface area contributed by atoms with E-state index >= 15 is 0 Å². The lowest BCUT2D eigenvalue weighted by Gasteiger charge is -2.22. The summed E-state index contributed by atoms with van der Waals surface area (Å²) in [5, 5.41) is 2.87. The standard InChI is InChI=1S/C29H34F2N4O5/c1-18(36)35-16-21(20-9-10-25(40-29(30)31)26(14-20)39-17-19-7-8-19)13-24(35)27(37)32-15-22-5-4-6-23(33-22)28(38)34-11-2-3-12-34/h4-6,9-10,14,19,21,24,29H,2-3,7-8,11-13,15-17H2,1H3,(H,32,37)/t21?,24-/m1/s1. The smallest absolute Gasteiger partial charge is 0.387 e. The molecule has 2 atom stereocenters. The number of aromatic nitrogens is 1. The van der Waals surface area contributed by atoms with Gasteiger partial charge in [0.2, 0.25) is 11.8 Å². The van der Waals surface area contributed by atoms with Crippen molar-refractivity contribution >= 4 is 17.7 Å². The molecule has 0 bridgehead atoms. The van der Waals surface area contributed by atoms with Crippen molar-refractivity contribution in [3.8, 4) is 11.5 Å². The van der Waals surface area contributed by atoms with Gasteiger partial charge in [0.15, 0.2) is 11.5 Å². The fourth-order valence-electron chi connectivity index (χ4n) is 5.33. The quantitative estimate of drug-likeness (QED) is 0.479. The molecular formula is C29H34F2N4O5. The molecule has 11 heteroatoms. The van der Waals surface area contributed by atoms with E-state index in [0.717, 1.165) is 44.3 Å². The molecule has 2 saturated heterocycles. The molecule has 3 fully saturated rings. The van der Waals surface area contributed by atoms with Gasteiger partial charge < -0.3 is 24.6 Å². The van der Waals surface area contributed by atoms with Crippen molar-refractivity contribution in [1.29, 1.82) is 0 Å². The summed E-state index contributed by atoms with van der Waals surface area (Å²) in [6.07, 6.45) is 4.43. The fourth-order valence-corrected chi connectivity index (χ4v) is 5.33.